The molecule has 7 heteroatoms. The van der Waals surface area contributed by atoms with E-state index in [1.54, 1.807) is 18.2 Å². The van der Waals surface area contributed by atoms with Crippen molar-refractivity contribution in [1.82, 2.24) is 10.6 Å². The lowest BCUT2D eigenvalue weighted by molar-refractivity contribution is -0.120. The van der Waals surface area contributed by atoms with Crippen molar-refractivity contribution < 1.29 is 23.8 Å². The van der Waals surface area contributed by atoms with Gasteiger partial charge in [-0.05, 0) is 37.5 Å². The summed E-state index contributed by atoms with van der Waals surface area (Å²) in [6.45, 7) is 1.31. The molecule has 142 valence electrons. The molecule has 0 radical (unpaired) electrons. The summed E-state index contributed by atoms with van der Waals surface area (Å²) in [5.41, 5.74) is 0.433. The second kappa shape index (κ2) is 9.43. The summed E-state index contributed by atoms with van der Waals surface area (Å²) in [5.74, 6) is 0.630. The minimum Gasteiger partial charge on any atom is -0.454 e. The van der Waals surface area contributed by atoms with Crippen LogP contribution in [0.25, 0.3) is 0 Å². The van der Waals surface area contributed by atoms with Gasteiger partial charge in [0.05, 0.1) is 12.6 Å². The van der Waals surface area contributed by atoms with E-state index in [0.717, 1.165) is 19.3 Å². The van der Waals surface area contributed by atoms with Crippen molar-refractivity contribution >= 4 is 11.8 Å². The monoisotopic (exact) mass is 362 g/mol. The summed E-state index contributed by atoms with van der Waals surface area (Å²) >= 11 is 0. The summed E-state index contributed by atoms with van der Waals surface area (Å²) < 4.78 is 16.3. The van der Waals surface area contributed by atoms with Gasteiger partial charge in [0.2, 0.25) is 12.7 Å². The van der Waals surface area contributed by atoms with E-state index in [2.05, 4.69) is 10.6 Å². The Labute approximate surface area is 153 Å². The first-order valence-electron chi connectivity index (χ1n) is 9.28. The third kappa shape index (κ3) is 5.36. The molecule has 2 aliphatic rings. The van der Waals surface area contributed by atoms with Crippen LogP contribution in [0, 0.1) is 0 Å². The van der Waals surface area contributed by atoms with Crippen molar-refractivity contribution in [3.05, 3.63) is 23.8 Å². The van der Waals surface area contributed by atoms with Crippen LogP contribution in [0.4, 0.5) is 0 Å². The molecule has 1 aromatic carbocycles. The first-order valence-corrected chi connectivity index (χ1v) is 9.28. The van der Waals surface area contributed by atoms with Crippen LogP contribution in [0.2, 0.25) is 0 Å². The predicted octanol–water partition coefficient (Wildman–Crippen LogP) is 2.00. The molecule has 26 heavy (non-hydrogen) atoms. The Balaban J connectivity index is 1.28. The fourth-order valence-electron chi connectivity index (χ4n) is 3.14. The topological polar surface area (TPSA) is 85.9 Å². The zero-order valence-corrected chi connectivity index (χ0v) is 14.9. The SMILES string of the molecule is O=C(CNC(=O)c1ccc2c(c1)OCO2)NCCCOC1CCCCC1. The van der Waals surface area contributed by atoms with Gasteiger partial charge in [0.15, 0.2) is 11.5 Å². The molecule has 7 nitrogen and oxygen atoms in total. The van der Waals surface area contributed by atoms with Gasteiger partial charge in [0, 0.05) is 18.7 Å². The quantitative estimate of drug-likeness (QED) is 0.691. The third-order valence-corrected chi connectivity index (χ3v) is 4.59. The Hall–Kier alpha value is -2.28. The summed E-state index contributed by atoms with van der Waals surface area (Å²) in [4.78, 5) is 23.9. The lowest BCUT2D eigenvalue weighted by Gasteiger charge is -2.21. The maximum Gasteiger partial charge on any atom is 0.251 e. The molecule has 1 saturated carbocycles. The van der Waals surface area contributed by atoms with Crippen molar-refractivity contribution in [2.75, 3.05) is 26.5 Å². The zero-order chi connectivity index (χ0) is 18.2. The van der Waals surface area contributed by atoms with Crippen LogP contribution in [-0.4, -0.2) is 44.4 Å². The van der Waals surface area contributed by atoms with Crippen LogP contribution in [0.1, 0.15) is 48.9 Å². The van der Waals surface area contributed by atoms with Gasteiger partial charge in [0.1, 0.15) is 0 Å². The Morgan fingerprint density at radius 1 is 1.08 bits per heavy atom. The number of fused-ring (bicyclic) bond motifs is 1. The lowest BCUT2D eigenvalue weighted by atomic mass is 9.98. The molecule has 2 N–H and O–H groups in total. The van der Waals surface area contributed by atoms with Gasteiger partial charge in [-0.15, -0.1) is 0 Å². The smallest absolute Gasteiger partial charge is 0.251 e. The summed E-state index contributed by atoms with van der Waals surface area (Å²) in [6.07, 6.45) is 7.29. The first kappa shape index (κ1) is 18.5. The fourth-order valence-corrected chi connectivity index (χ4v) is 3.14. The normalized spacial score (nSPS) is 16.3. The maximum absolute atomic E-state index is 12.1. The molecule has 0 spiro atoms. The van der Waals surface area contributed by atoms with E-state index in [4.69, 9.17) is 14.2 Å². The van der Waals surface area contributed by atoms with Gasteiger partial charge in [-0.3, -0.25) is 9.59 Å². The Morgan fingerprint density at radius 2 is 1.88 bits per heavy atom. The molecule has 0 saturated heterocycles. The molecule has 1 aliphatic carbocycles. The summed E-state index contributed by atoms with van der Waals surface area (Å²) in [5, 5.41) is 5.39. The van der Waals surface area contributed by atoms with Gasteiger partial charge >= 0.3 is 0 Å². The zero-order valence-electron chi connectivity index (χ0n) is 14.9. The number of benzene rings is 1. The van der Waals surface area contributed by atoms with Crippen LogP contribution in [0.5, 0.6) is 11.5 Å². The number of hydrogen-bond donors (Lipinski definition) is 2. The molecule has 2 amide bonds. The predicted molar refractivity (Wildman–Crippen MR) is 95.3 cm³/mol. The number of amides is 2. The van der Waals surface area contributed by atoms with Crippen molar-refractivity contribution in [3.8, 4) is 11.5 Å². The van der Waals surface area contributed by atoms with Crippen LogP contribution in [0.3, 0.4) is 0 Å². The highest BCUT2D eigenvalue weighted by Crippen LogP contribution is 2.32. The fraction of sp³-hybridized carbons (Fsp3) is 0.579. The van der Waals surface area contributed by atoms with E-state index >= 15 is 0 Å². The highest BCUT2D eigenvalue weighted by Gasteiger charge is 2.16. The molecular formula is C19H26N2O5. The second-order valence-corrected chi connectivity index (χ2v) is 6.59. The molecule has 1 aliphatic heterocycles. The van der Waals surface area contributed by atoms with E-state index in [1.807, 2.05) is 0 Å². The maximum atomic E-state index is 12.1. The Morgan fingerprint density at radius 3 is 2.73 bits per heavy atom. The Bertz CT molecular complexity index is 628. The van der Waals surface area contributed by atoms with Crippen molar-refractivity contribution in [3.63, 3.8) is 0 Å². The van der Waals surface area contributed by atoms with Crippen LogP contribution < -0.4 is 20.1 Å². The molecule has 1 heterocycles. The number of ether oxygens (including phenoxy) is 3. The average Bonchev–Trinajstić information content (AvgIpc) is 3.14. The molecule has 1 fully saturated rings. The van der Waals surface area contributed by atoms with E-state index in [1.165, 1.54) is 19.3 Å². The van der Waals surface area contributed by atoms with Gasteiger partial charge in [-0.25, -0.2) is 0 Å². The van der Waals surface area contributed by atoms with E-state index in [-0.39, 0.29) is 25.2 Å². The minimum atomic E-state index is -0.320. The van der Waals surface area contributed by atoms with Crippen molar-refractivity contribution in [1.29, 1.82) is 0 Å². The number of rotatable bonds is 8. The van der Waals surface area contributed by atoms with Crippen LogP contribution in [0.15, 0.2) is 18.2 Å². The lowest BCUT2D eigenvalue weighted by Crippen LogP contribution is -2.37. The molecule has 0 aromatic heterocycles. The number of hydrogen-bond acceptors (Lipinski definition) is 5. The first-order chi connectivity index (χ1) is 12.7. The van der Waals surface area contributed by atoms with Crippen LogP contribution in [-0.2, 0) is 9.53 Å². The Kier molecular flexibility index (Phi) is 6.71. The largest absolute Gasteiger partial charge is 0.454 e. The minimum absolute atomic E-state index is 0.0588. The average molecular weight is 362 g/mol. The number of carbonyl (C=O) groups is 2. The second-order valence-electron chi connectivity index (χ2n) is 6.59. The van der Waals surface area contributed by atoms with E-state index in [0.29, 0.717) is 36.3 Å². The number of nitrogens with one attached hydrogen (secondary N) is 2. The van der Waals surface area contributed by atoms with Crippen LogP contribution >= 0.6 is 0 Å². The standard InChI is InChI=1S/C19H26N2O5/c22-18(20-9-4-10-24-15-5-2-1-3-6-15)12-21-19(23)14-7-8-16-17(11-14)26-13-25-16/h7-8,11,15H,1-6,9-10,12-13H2,(H,20,22)(H,21,23). The van der Waals surface area contributed by atoms with Crippen molar-refractivity contribution in [2.45, 2.75) is 44.6 Å². The third-order valence-electron chi connectivity index (χ3n) is 4.59. The molecule has 1 aromatic rings. The summed E-state index contributed by atoms with van der Waals surface area (Å²) in [6, 6.07) is 4.94. The van der Waals surface area contributed by atoms with Gasteiger partial charge in [-0.2, -0.15) is 0 Å². The van der Waals surface area contributed by atoms with Crippen molar-refractivity contribution in [2.24, 2.45) is 0 Å². The highest BCUT2D eigenvalue weighted by molar-refractivity contribution is 5.97. The van der Waals surface area contributed by atoms with E-state index < -0.39 is 0 Å². The molecule has 0 unspecified atom stereocenters. The van der Waals surface area contributed by atoms with Gasteiger partial charge in [-0.1, -0.05) is 19.3 Å². The molecule has 0 atom stereocenters. The molecule has 0 bridgehead atoms. The molecule has 3 rings (SSSR count). The molecular weight excluding hydrogens is 336 g/mol. The van der Waals surface area contributed by atoms with Gasteiger partial charge < -0.3 is 24.8 Å². The highest BCUT2D eigenvalue weighted by atomic mass is 16.7. The van der Waals surface area contributed by atoms with Gasteiger partial charge in [0.25, 0.3) is 5.91 Å². The number of carbonyl (C=O) groups excluding carboxylic acids is 2. The summed E-state index contributed by atoms with van der Waals surface area (Å²) in [7, 11) is 0. The van der Waals surface area contributed by atoms with E-state index in [9.17, 15) is 9.59 Å².